The summed E-state index contributed by atoms with van der Waals surface area (Å²) < 4.78 is 10.8. The Morgan fingerprint density at radius 3 is 2.63 bits per heavy atom. The Kier molecular flexibility index (Phi) is 3.03. The predicted octanol–water partition coefficient (Wildman–Crippen LogP) is 3.41. The van der Waals surface area contributed by atoms with E-state index >= 15 is 0 Å². The summed E-state index contributed by atoms with van der Waals surface area (Å²) in [6, 6.07) is 14.6. The Labute approximate surface area is 113 Å². The van der Waals surface area contributed by atoms with Crippen LogP contribution in [-0.2, 0) is 6.42 Å². The van der Waals surface area contributed by atoms with Gasteiger partial charge in [0.1, 0.15) is 11.5 Å². The average Bonchev–Trinajstić information content (AvgIpc) is 2.90. The van der Waals surface area contributed by atoms with Gasteiger partial charge in [0.15, 0.2) is 0 Å². The second-order valence-corrected chi connectivity index (χ2v) is 4.67. The normalized spacial score (nSPS) is 16.6. The molecule has 3 rings (SSSR count). The van der Waals surface area contributed by atoms with Crippen molar-refractivity contribution < 1.29 is 9.47 Å². The van der Waals surface area contributed by atoms with Gasteiger partial charge in [0.2, 0.25) is 0 Å². The molecule has 3 nitrogen and oxygen atoms in total. The van der Waals surface area contributed by atoms with Crippen molar-refractivity contribution in [3.8, 4) is 11.5 Å². The minimum atomic E-state index is 0.238. The van der Waals surface area contributed by atoms with Crippen LogP contribution in [0.1, 0.15) is 17.2 Å². The van der Waals surface area contributed by atoms with Gasteiger partial charge in [-0.15, -0.1) is 0 Å². The van der Waals surface area contributed by atoms with Crippen molar-refractivity contribution in [2.45, 2.75) is 12.5 Å². The molecule has 0 aromatic heterocycles. The van der Waals surface area contributed by atoms with E-state index in [0.29, 0.717) is 0 Å². The number of para-hydroxylation sites is 1. The van der Waals surface area contributed by atoms with Gasteiger partial charge in [-0.25, -0.2) is 0 Å². The number of benzene rings is 2. The van der Waals surface area contributed by atoms with Gasteiger partial charge >= 0.3 is 0 Å². The van der Waals surface area contributed by atoms with Gasteiger partial charge < -0.3 is 14.8 Å². The van der Waals surface area contributed by atoms with Crippen LogP contribution in [0.2, 0.25) is 0 Å². The first-order chi connectivity index (χ1) is 9.31. The third-order valence-corrected chi connectivity index (χ3v) is 3.58. The third-order valence-electron chi connectivity index (χ3n) is 3.58. The lowest BCUT2D eigenvalue weighted by molar-refractivity contribution is 0.396. The summed E-state index contributed by atoms with van der Waals surface area (Å²) >= 11 is 0. The van der Waals surface area contributed by atoms with E-state index < -0.39 is 0 Å². The zero-order valence-corrected chi connectivity index (χ0v) is 11.1. The van der Waals surface area contributed by atoms with Crippen molar-refractivity contribution in [1.29, 1.82) is 0 Å². The lowest BCUT2D eigenvalue weighted by atomic mass is 10.0. The molecule has 0 amide bonds. The molecule has 2 aromatic carbocycles. The van der Waals surface area contributed by atoms with E-state index in [1.54, 1.807) is 14.2 Å². The molecule has 1 atom stereocenters. The second kappa shape index (κ2) is 4.84. The Bertz CT molecular complexity index is 570. The molecule has 0 aliphatic carbocycles. The van der Waals surface area contributed by atoms with Crippen LogP contribution in [0.3, 0.4) is 0 Å². The molecule has 1 N–H and O–H groups in total. The first kappa shape index (κ1) is 11.9. The standard InChI is InChI=1S/C16H17NO2/c1-18-12-7-8-16(19-2)13(10-12)15-9-11-5-3-4-6-14(11)17-15/h3-8,10,15,17H,9H2,1-2H3. The molecular weight excluding hydrogens is 238 g/mol. The highest BCUT2D eigenvalue weighted by Crippen LogP contribution is 2.38. The highest BCUT2D eigenvalue weighted by Gasteiger charge is 2.24. The zero-order valence-electron chi connectivity index (χ0n) is 11.1. The fourth-order valence-electron chi connectivity index (χ4n) is 2.60. The summed E-state index contributed by atoms with van der Waals surface area (Å²) in [5.74, 6) is 1.75. The van der Waals surface area contributed by atoms with E-state index in [1.165, 1.54) is 11.3 Å². The topological polar surface area (TPSA) is 30.5 Å². The highest BCUT2D eigenvalue weighted by atomic mass is 16.5. The molecule has 2 aromatic rings. The van der Waals surface area contributed by atoms with Crippen molar-refractivity contribution in [1.82, 2.24) is 0 Å². The van der Waals surface area contributed by atoms with Crippen LogP contribution >= 0.6 is 0 Å². The Morgan fingerprint density at radius 1 is 1.05 bits per heavy atom. The molecule has 19 heavy (non-hydrogen) atoms. The summed E-state index contributed by atoms with van der Waals surface area (Å²) in [5, 5.41) is 3.54. The SMILES string of the molecule is COc1ccc(OC)c(C2Cc3ccccc3N2)c1. The molecular formula is C16H17NO2. The number of nitrogens with one attached hydrogen (secondary N) is 1. The van der Waals surface area contributed by atoms with Crippen LogP contribution in [-0.4, -0.2) is 14.2 Å². The van der Waals surface area contributed by atoms with Crippen molar-refractivity contribution in [3.05, 3.63) is 53.6 Å². The highest BCUT2D eigenvalue weighted by molar-refractivity contribution is 5.59. The van der Waals surface area contributed by atoms with E-state index in [2.05, 4.69) is 29.6 Å². The van der Waals surface area contributed by atoms with Gasteiger partial charge in [0.25, 0.3) is 0 Å². The van der Waals surface area contributed by atoms with Crippen LogP contribution in [0.25, 0.3) is 0 Å². The number of hydrogen-bond acceptors (Lipinski definition) is 3. The molecule has 0 fully saturated rings. The van der Waals surface area contributed by atoms with Crippen LogP contribution in [0.5, 0.6) is 11.5 Å². The zero-order chi connectivity index (χ0) is 13.2. The number of rotatable bonds is 3. The molecule has 0 saturated carbocycles. The van der Waals surface area contributed by atoms with Gasteiger partial charge in [-0.1, -0.05) is 18.2 Å². The third kappa shape index (κ3) is 2.12. The van der Waals surface area contributed by atoms with Crippen LogP contribution in [0.4, 0.5) is 5.69 Å². The molecule has 0 saturated heterocycles. The van der Waals surface area contributed by atoms with Crippen molar-refractivity contribution in [2.75, 3.05) is 19.5 Å². The van der Waals surface area contributed by atoms with E-state index in [4.69, 9.17) is 9.47 Å². The molecule has 1 aliphatic heterocycles. The first-order valence-electron chi connectivity index (χ1n) is 6.38. The first-order valence-corrected chi connectivity index (χ1v) is 6.38. The Morgan fingerprint density at radius 2 is 1.89 bits per heavy atom. The minimum absolute atomic E-state index is 0.238. The van der Waals surface area contributed by atoms with E-state index in [-0.39, 0.29) is 6.04 Å². The summed E-state index contributed by atoms with van der Waals surface area (Å²) in [6.07, 6.45) is 0.972. The summed E-state index contributed by atoms with van der Waals surface area (Å²) in [5.41, 5.74) is 3.69. The van der Waals surface area contributed by atoms with Crippen molar-refractivity contribution in [2.24, 2.45) is 0 Å². The molecule has 0 bridgehead atoms. The van der Waals surface area contributed by atoms with Crippen LogP contribution in [0.15, 0.2) is 42.5 Å². The van der Waals surface area contributed by atoms with Crippen molar-refractivity contribution >= 4 is 5.69 Å². The fourth-order valence-corrected chi connectivity index (χ4v) is 2.60. The summed E-state index contributed by atoms with van der Waals surface area (Å²) in [4.78, 5) is 0. The van der Waals surface area contributed by atoms with E-state index in [9.17, 15) is 0 Å². The number of ether oxygens (including phenoxy) is 2. The second-order valence-electron chi connectivity index (χ2n) is 4.67. The van der Waals surface area contributed by atoms with Crippen LogP contribution in [0, 0.1) is 0 Å². The predicted molar refractivity (Wildman–Crippen MR) is 76.1 cm³/mol. The number of hydrogen-bond donors (Lipinski definition) is 1. The number of fused-ring (bicyclic) bond motifs is 1. The van der Waals surface area contributed by atoms with E-state index in [1.807, 2.05) is 18.2 Å². The lowest BCUT2D eigenvalue weighted by Crippen LogP contribution is -2.07. The summed E-state index contributed by atoms with van der Waals surface area (Å²) in [6.45, 7) is 0. The van der Waals surface area contributed by atoms with Crippen LogP contribution < -0.4 is 14.8 Å². The molecule has 1 heterocycles. The largest absolute Gasteiger partial charge is 0.497 e. The molecule has 98 valence electrons. The minimum Gasteiger partial charge on any atom is -0.497 e. The Balaban J connectivity index is 1.96. The quantitative estimate of drug-likeness (QED) is 0.911. The smallest absolute Gasteiger partial charge is 0.124 e. The maximum Gasteiger partial charge on any atom is 0.124 e. The molecule has 0 spiro atoms. The van der Waals surface area contributed by atoms with Gasteiger partial charge in [0.05, 0.1) is 20.3 Å². The Hall–Kier alpha value is -2.16. The molecule has 3 heteroatoms. The molecule has 1 aliphatic rings. The van der Waals surface area contributed by atoms with E-state index in [0.717, 1.165) is 23.5 Å². The fraction of sp³-hybridized carbons (Fsp3) is 0.250. The number of methoxy groups -OCH3 is 2. The monoisotopic (exact) mass is 255 g/mol. The molecule has 0 radical (unpaired) electrons. The molecule has 1 unspecified atom stereocenters. The number of anilines is 1. The van der Waals surface area contributed by atoms with Gasteiger partial charge in [-0.05, 0) is 36.2 Å². The van der Waals surface area contributed by atoms with Gasteiger partial charge in [-0.2, -0.15) is 0 Å². The lowest BCUT2D eigenvalue weighted by Gasteiger charge is -2.16. The average molecular weight is 255 g/mol. The summed E-state index contributed by atoms with van der Waals surface area (Å²) in [7, 11) is 3.38. The van der Waals surface area contributed by atoms with Gasteiger partial charge in [-0.3, -0.25) is 0 Å². The van der Waals surface area contributed by atoms with Gasteiger partial charge in [0, 0.05) is 11.3 Å². The maximum atomic E-state index is 5.46. The maximum absolute atomic E-state index is 5.46. The van der Waals surface area contributed by atoms with Crippen molar-refractivity contribution in [3.63, 3.8) is 0 Å².